The number of halogens is 1. The van der Waals surface area contributed by atoms with E-state index >= 15 is 0 Å². The number of ketones is 1. The summed E-state index contributed by atoms with van der Waals surface area (Å²) >= 11 is 6.16. The average Bonchev–Trinajstić information content (AvgIpc) is 2.46. The molecule has 0 aliphatic rings. The van der Waals surface area contributed by atoms with Crippen molar-refractivity contribution in [3.63, 3.8) is 0 Å². The molecule has 104 valence electrons. The van der Waals surface area contributed by atoms with Gasteiger partial charge in [-0.15, -0.1) is 0 Å². The maximum atomic E-state index is 11.5. The van der Waals surface area contributed by atoms with Gasteiger partial charge in [0.25, 0.3) is 0 Å². The molecular formula is C17H17ClO2. The smallest absolute Gasteiger partial charge is 0.162 e. The number of hydrogen-bond acceptors (Lipinski definition) is 2. The lowest BCUT2D eigenvalue weighted by Gasteiger charge is -2.09. The first-order valence-electron chi connectivity index (χ1n) is 6.61. The minimum Gasteiger partial charge on any atom is -0.489 e. The Morgan fingerprint density at radius 2 is 1.85 bits per heavy atom. The molecule has 0 heterocycles. The standard InChI is InChI=1S/C17H17ClO2/c1-3-17(19)13-6-8-15(9-7-13)20-11-14-5-4-12(2)10-16(14)18/h4-10H,3,11H2,1-2H3. The van der Waals surface area contributed by atoms with Crippen molar-refractivity contribution in [2.24, 2.45) is 0 Å². The molecule has 0 fully saturated rings. The molecule has 2 aromatic carbocycles. The van der Waals surface area contributed by atoms with Crippen LogP contribution in [0.4, 0.5) is 0 Å². The van der Waals surface area contributed by atoms with Gasteiger partial charge in [-0.2, -0.15) is 0 Å². The molecule has 0 aromatic heterocycles. The largest absolute Gasteiger partial charge is 0.489 e. The van der Waals surface area contributed by atoms with Gasteiger partial charge in [0.1, 0.15) is 12.4 Å². The van der Waals surface area contributed by atoms with Crippen molar-refractivity contribution >= 4 is 17.4 Å². The fourth-order valence-corrected chi connectivity index (χ4v) is 2.16. The van der Waals surface area contributed by atoms with Crippen LogP contribution in [0.3, 0.4) is 0 Å². The second-order valence-corrected chi connectivity index (χ2v) is 5.09. The maximum Gasteiger partial charge on any atom is 0.162 e. The molecule has 0 bridgehead atoms. The van der Waals surface area contributed by atoms with Crippen molar-refractivity contribution in [1.82, 2.24) is 0 Å². The lowest BCUT2D eigenvalue weighted by atomic mass is 10.1. The monoisotopic (exact) mass is 288 g/mol. The van der Waals surface area contributed by atoms with Crippen LogP contribution in [0.2, 0.25) is 5.02 Å². The third kappa shape index (κ3) is 3.61. The van der Waals surface area contributed by atoms with E-state index in [4.69, 9.17) is 16.3 Å². The van der Waals surface area contributed by atoms with Crippen LogP contribution in [0, 0.1) is 6.92 Å². The Balaban J connectivity index is 2.02. The Morgan fingerprint density at radius 3 is 2.45 bits per heavy atom. The first kappa shape index (κ1) is 14.6. The van der Waals surface area contributed by atoms with Gasteiger partial charge in [0.15, 0.2) is 5.78 Å². The third-order valence-corrected chi connectivity index (χ3v) is 3.45. The number of carbonyl (C=O) groups is 1. The first-order chi connectivity index (χ1) is 9.60. The zero-order chi connectivity index (χ0) is 14.5. The number of hydrogen-bond donors (Lipinski definition) is 0. The predicted molar refractivity (Wildman–Crippen MR) is 81.6 cm³/mol. The van der Waals surface area contributed by atoms with E-state index in [1.54, 1.807) is 12.1 Å². The number of aryl methyl sites for hydroxylation is 1. The van der Waals surface area contributed by atoms with Crippen molar-refractivity contribution in [1.29, 1.82) is 0 Å². The first-order valence-corrected chi connectivity index (χ1v) is 6.99. The van der Waals surface area contributed by atoms with E-state index in [2.05, 4.69) is 0 Å². The minimum atomic E-state index is 0.137. The molecule has 0 aliphatic heterocycles. The molecule has 0 saturated carbocycles. The van der Waals surface area contributed by atoms with Crippen LogP contribution in [0.15, 0.2) is 42.5 Å². The van der Waals surface area contributed by atoms with E-state index in [0.29, 0.717) is 23.6 Å². The second-order valence-electron chi connectivity index (χ2n) is 4.68. The second kappa shape index (κ2) is 6.58. The number of ether oxygens (including phenoxy) is 1. The molecule has 0 unspecified atom stereocenters. The SMILES string of the molecule is CCC(=O)c1ccc(OCc2ccc(C)cc2Cl)cc1. The Kier molecular flexibility index (Phi) is 4.80. The van der Waals surface area contributed by atoms with Gasteiger partial charge in [-0.3, -0.25) is 4.79 Å². The molecule has 0 radical (unpaired) electrons. The minimum absolute atomic E-state index is 0.137. The summed E-state index contributed by atoms with van der Waals surface area (Å²) in [5.74, 6) is 0.868. The van der Waals surface area contributed by atoms with Gasteiger partial charge in [-0.1, -0.05) is 30.7 Å². The third-order valence-electron chi connectivity index (χ3n) is 3.10. The molecule has 20 heavy (non-hydrogen) atoms. The van der Waals surface area contributed by atoms with Gasteiger partial charge >= 0.3 is 0 Å². The van der Waals surface area contributed by atoms with Crippen molar-refractivity contribution in [3.05, 3.63) is 64.2 Å². The van der Waals surface area contributed by atoms with E-state index in [9.17, 15) is 4.79 Å². The highest BCUT2D eigenvalue weighted by atomic mass is 35.5. The molecule has 2 rings (SSSR count). The number of rotatable bonds is 5. The molecular weight excluding hydrogens is 272 g/mol. The van der Waals surface area contributed by atoms with Crippen molar-refractivity contribution in [2.75, 3.05) is 0 Å². The van der Waals surface area contributed by atoms with Crippen LogP contribution in [-0.4, -0.2) is 5.78 Å². The van der Waals surface area contributed by atoms with Crippen LogP contribution < -0.4 is 4.74 Å². The lowest BCUT2D eigenvalue weighted by molar-refractivity contribution is 0.0988. The van der Waals surface area contributed by atoms with Gasteiger partial charge in [0.2, 0.25) is 0 Å². The summed E-state index contributed by atoms with van der Waals surface area (Å²) in [5, 5.41) is 0.711. The van der Waals surface area contributed by atoms with Gasteiger partial charge < -0.3 is 4.74 Å². The predicted octanol–water partition coefficient (Wildman–Crippen LogP) is 4.82. The Hall–Kier alpha value is -1.80. The molecule has 0 aliphatic carbocycles. The van der Waals surface area contributed by atoms with Gasteiger partial charge in [0, 0.05) is 22.6 Å². The van der Waals surface area contributed by atoms with E-state index < -0.39 is 0 Å². The van der Waals surface area contributed by atoms with Crippen molar-refractivity contribution < 1.29 is 9.53 Å². The maximum absolute atomic E-state index is 11.5. The van der Waals surface area contributed by atoms with E-state index in [-0.39, 0.29) is 5.78 Å². The summed E-state index contributed by atoms with van der Waals surface area (Å²) < 4.78 is 5.69. The van der Waals surface area contributed by atoms with Crippen molar-refractivity contribution in [3.8, 4) is 5.75 Å². The molecule has 0 amide bonds. The highest BCUT2D eigenvalue weighted by Gasteiger charge is 2.04. The number of carbonyl (C=O) groups excluding carboxylic acids is 1. The fraction of sp³-hybridized carbons (Fsp3) is 0.235. The molecule has 2 aromatic rings. The van der Waals surface area contributed by atoms with E-state index in [1.807, 2.05) is 44.2 Å². The van der Waals surface area contributed by atoms with Crippen molar-refractivity contribution in [2.45, 2.75) is 26.9 Å². The average molecular weight is 289 g/mol. The van der Waals surface area contributed by atoms with Crippen LogP contribution >= 0.6 is 11.6 Å². The molecule has 3 heteroatoms. The zero-order valence-corrected chi connectivity index (χ0v) is 12.4. The van der Waals surface area contributed by atoms with Gasteiger partial charge in [-0.25, -0.2) is 0 Å². The molecule has 0 spiro atoms. The Morgan fingerprint density at radius 1 is 1.15 bits per heavy atom. The molecule has 0 N–H and O–H groups in total. The summed E-state index contributed by atoms with van der Waals surface area (Å²) in [6, 6.07) is 13.1. The normalized spacial score (nSPS) is 10.3. The highest BCUT2D eigenvalue weighted by molar-refractivity contribution is 6.31. The van der Waals surface area contributed by atoms with Crippen LogP contribution in [0.1, 0.15) is 34.8 Å². The van der Waals surface area contributed by atoms with Gasteiger partial charge in [0.05, 0.1) is 0 Å². The van der Waals surface area contributed by atoms with E-state index in [1.165, 1.54) is 0 Å². The quantitative estimate of drug-likeness (QED) is 0.737. The summed E-state index contributed by atoms with van der Waals surface area (Å²) in [4.78, 5) is 11.5. The van der Waals surface area contributed by atoms with Crippen LogP contribution in [-0.2, 0) is 6.61 Å². The fourth-order valence-electron chi connectivity index (χ4n) is 1.87. The summed E-state index contributed by atoms with van der Waals surface area (Å²) in [6.07, 6.45) is 0.513. The molecule has 0 saturated heterocycles. The Bertz CT molecular complexity index is 603. The summed E-state index contributed by atoms with van der Waals surface area (Å²) in [5.41, 5.74) is 2.79. The van der Waals surface area contributed by atoms with E-state index in [0.717, 1.165) is 16.9 Å². The topological polar surface area (TPSA) is 26.3 Å². The number of Topliss-reactive ketones (excluding diaryl/α,β-unsaturated/α-hetero) is 1. The summed E-state index contributed by atoms with van der Waals surface area (Å²) in [7, 11) is 0. The Labute approximate surface area is 124 Å². The lowest BCUT2D eigenvalue weighted by Crippen LogP contribution is -1.98. The zero-order valence-electron chi connectivity index (χ0n) is 11.7. The van der Waals surface area contributed by atoms with Gasteiger partial charge in [-0.05, 0) is 42.8 Å². The molecule has 2 nitrogen and oxygen atoms in total. The summed E-state index contributed by atoms with van der Waals surface area (Å²) in [6.45, 7) is 4.27. The van der Waals surface area contributed by atoms with Crippen LogP contribution in [0.25, 0.3) is 0 Å². The number of benzene rings is 2. The van der Waals surface area contributed by atoms with Crippen LogP contribution in [0.5, 0.6) is 5.75 Å². The molecule has 0 atom stereocenters. The highest BCUT2D eigenvalue weighted by Crippen LogP contribution is 2.20.